The maximum atomic E-state index is 5.34. The van der Waals surface area contributed by atoms with Gasteiger partial charge in [-0.25, -0.2) is 0 Å². The van der Waals surface area contributed by atoms with Crippen LogP contribution in [0.5, 0.6) is 0 Å². The minimum absolute atomic E-state index is 0.673. The summed E-state index contributed by atoms with van der Waals surface area (Å²) < 4.78 is 6.68. The Labute approximate surface area is 125 Å². The molecule has 0 bridgehead atoms. The van der Waals surface area contributed by atoms with E-state index in [2.05, 4.69) is 87.9 Å². The van der Waals surface area contributed by atoms with Crippen LogP contribution in [0.15, 0.2) is 48.6 Å². The van der Waals surface area contributed by atoms with Gasteiger partial charge in [0, 0.05) is 0 Å². The second-order valence-corrected chi connectivity index (χ2v) is 68.1. The normalized spacial score (nSPS) is 21.4. The zero-order valence-electron chi connectivity index (χ0n) is 14.0. The zero-order valence-corrected chi connectivity index (χ0v) is 18.4. The molecule has 0 saturated carbocycles. The van der Waals surface area contributed by atoms with E-state index in [9.17, 15) is 0 Å². The summed E-state index contributed by atoms with van der Waals surface area (Å²) in [4.78, 5) is 0. The predicted octanol–water partition coefficient (Wildman–Crippen LogP) is 5.61. The molecule has 0 aliphatic heterocycles. The molecule has 0 atom stereocenters. The van der Waals surface area contributed by atoms with Gasteiger partial charge in [0.25, 0.3) is 0 Å². The van der Waals surface area contributed by atoms with Gasteiger partial charge in [-0.15, -0.1) is 0 Å². The van der Waals surface area contributed by atoms with Gasteiger partial charge in [0.05, 0.1) is 0 Å². The first-order valence-electron chi connectivity index (χ1n) is 7.76. The summed E-state index contributed by atoms with van der Waals surface area (Å²) in [5, 5.41) is -2.74. The quantitative estimate of drug-likeness (QED) is 0.555. The number of rotatable bonds is 4. The van der Waals surface area contributed by atoms with E-state index in [1.165, 1.54) is 0 Å². The summed E-state index contributed by atoms with van der Waals surface area (Å²) in [6.45, 7) is 15.7. The second-order valence-electron chi connectivity index (χ2n) is 8.72. The number of hydrogen-bond acceptors (Lipinski definition) is 0. The van der Waals surface area contributed by atoms with Gasteiger partial charge < -0.3 is 0 Å². The predicted molar refractivity (Wildman–Crippen MR) is 97.9 cm³/mol. The summed E-state index contributed by atoms with van der Waals surface area (Å²) in [5.74, 6) is 0. The van der Waals surface area contributed by atoms with Crippen LogP contribution in [0.1, 0.15) is 0 Å². The molecule has 3 heteroatoms. The molecule has 2 aliphatic carbocycles. The topological polar surface area (TPSA) is 0 Å². The molecule has 0 N–H and O–H groups in total. The van der Waals surface area contributed by atoms with Crippen LogP contribution < -0.4 is 0 Å². The molecule has 2 aliphatic rings. The van der Waals surface area contributed by atoms with Crippen LogP contribution >= 0.6 is 0 Å². The van der Waals surface area contributed by atoms with Crippen LogP contribution in [0.2, 0.25) is 46.5 Å². The standard InChI is InChI=1S/2C5H5.2C3H9Si.CH2.Zr/c2*1-2-4-5-3-1;2*1-4(2)3;;/h2*1-5H;2*1-3H3;1H2;. The van der Waals surface area contributed by atoms with E-state index >= 15 is 0 Å². The van der Waals surface area contributed by atoms with Crippen molar-refractivity contribution in [1.82, 2.24) is 0 Å². The first-order valence-corrected chi connectivity index (χ1v) is 26.7. The molecule has 20 heavy (non-hydrogen) atoms. The molecule has 0 amide bonds. The molecule has 0 fully saturated rings. The van der Waals surface area contributed by atoms with Gasteiger partial charge in [-0.1, -0.05) is 0 Å². The van der Waals surface area contributed by atoms with E-state index in [1.54, 1.807) is 0 Å². The van der Waals surface area contributed by atoms with Crippen molar-refractivity contribution >= 4 is 14.6 Å². The fraction of sp³-hybridized carbons (Fsp3) is 0.471. The van der Waals surface area contributed by atoms with Crippen LogP contribution in [0, 0.1) is 0 Å². The van der Waals surface area contributed by atoms with E-state index < -0.39 is 27.0 Å². The fourth-order valence-corrected chi connectivity index (χ4v) is 108. The molecular formula is C17H30Si2Zr. The average Bonchev–Trinajstić information content (AvgIpc) is 2.98. The van der Waals surface area contributed by atoms with E-state index in [4.69, 9.17) is 4.21 Å². The molecule has 0 spiro atoms. The molecule has 0 nitrogen and oxygen atoms in total. The van der Waals surface area contributed by atoms with E-state index in [1.807, 2.05) is 0 Å². The van der Waals surface area contributed by atoms with E-state index in [-0.39, 0.29) is 0 Å². The van der Waals surface area contributed by atoms with Gasteiger partial charge >= 0.3 is 126 Å². The summed E-state index contributed by atoms with van der Waals surface area (Å²) in [6, 6.07) is 0. The van der Waals surface area contributed by atoms with Gasteiger partial charge in [0.2, 0.25) is 0 Å². The molecule has 0 aromatic carbocycles. The summed E-state index contributed by atoms with van der Waals surface area (Å²) in [7, 11) is 0. The molecule has 2 rings (SSSR count). The monoisotopic (exact) mass is 380 g/mol. The van der Waals surface area contributed by atoms with Crippen LogP contribution in [0.3, 0.4) is 0 Å². The number of hydrogen-bond donors (Lipinski definition) is 0. The van der Waals surface area contributed by atoms with Crippen molar-refractivity contribution in [1.29, 1.82) is 0 Å². The number of allylic oxidation sites excluding steroid dienone is 8. The van der Waals surface area contributed by atoms with Crippen LogP contribution in [0.4, 0.5) is 0 Å². The Kier molecular flexibility index (Phi) is 3.99. The van der Waals surface area contributed by atoms with E-state index in [0.717, 1.165) is 0 Å². The van der Waals surface area contributed by atoms with Crippen molar-refractivity contribution in [3.05, 3.63) is 48.6 Å². The molecular weight excluding hydrogens is 352 g/mol. The summed E-state index contributed by atoms with van der Waals surface area (Å²) >= 11 is -3.30. The summed E-state index contributed by atoms with van der Waals surface area (Å²) in [6.07, 6.45) is 19.1. The van der Waals surface area contributed by atoms with Gasteiger partial charge in [-0.05, 0) is 0 Å². The molecule has 0 unspecified atom stereocenters. The van der Waals surface area contributed by atoms with Crippen LogP contribution in [-0.4, -0.2) is 14.6 Å². The molecule has 0 aromatic heterocycles. The van der Waals surface area contributed by atoms with Gasteiger partial charge in [-0.2, -0.15) is 0 Å². The Balaban J connectivity index is 2.85. The third-order valence-electron chi connectivity index (χ3n) is 6.56. The molecule has 0 aromatic rings. The van der Waals surface area contributed by atoms with Gasteiger partial charge in [0.15, 0.2) is 0 Å². The summed E-state index contributed by atoms with van der Waals surface area (Å²) in [5.41, 5.74) is 0. The maximum absolute atomic E-state index is 5.34. The first-order chi connectivity index (χ1) is 9.04. The third-order valence-corrected chi connectivity index (χ3v) is 110. The van der Waals surface area contributed by atoms with Crippen molar-refractivity contribution in [2.75, 3.05) is 0 Å². The van der Waals surface area contributed by atoms with Crippen LogP contribution in [0.25, 0.3) is 0 Å². The van der Waals surface area contributed by atoms with Crippen molar-refractivity contribution < 1.29 is 16.6 Å². The van der Waals surface area contributed by atoms with E-state index in [0.29, 0.717) is 7.25 Å². The Morgan fingerprint density at radius 3 is 1.10 bits per heavy atom. The Hall–Kier alpha value is 0.147. The molecule has 0 radical (unpaired) electrons. The molecule has 110 valence electrons. The Bertz CT molecular complexity index is 501. The SMILES string of the molecule is [CH2]=[Zr]([CH]1C=CC=C1)([CH]1C=CC=C1)([Si](C)(C)C)[Si](C)(C)C. The minimum atomic E-state index is -3.30. The van der Waals surface area contributed by atoms with Crippen molar-refractivity contribution in [3.63, 3.8) is 0 Å². The van der Waals surface area contributed by atoms with Crippen molar-refractivity contribution in [2.45, 2.75) is 46.5 Å². The van der Waals surface area contributed by atoms with Crippen LogP contribution in [-0.2, 0) is 16.6 Å². The zero-order chi connectivity index (χ0) is 15.3. The molecule has 0 saturated heterocycles. The fourth-order valence-electron chi connectivity index (χ4n) is 5.09. The molecule has 0 heterocycles. The average molecular weight is 382 g/mol. The van der Waals surface area contributed by atoms with Crippen molar-refractivity contribution in [2.24, 2.45) is 0 Å². The van der Waals surface area contributed by atoms with Gasteiger partial charge in [0.1, 0.15) is 0 Å². The van der Waals surface area contributed by atoms with Gasteiger partial charge in [-0.3, -0.25) is 0 Å². The first kappa shape index (κ1) is 16.5. The Morgan fingerprint density at radius 2 is 0.900 bits per heavy atom. The second kappa shape index (κ2) is 4.83. The van der Waals surface area contributed by atoms with Crippen molar-refractivity contribution in [3.8, 4) is 0 Å². The Morgan fingerprint density at radius 1 is 0.650 bits per heavy atom. The third kappa shape index (κ3) is 1.82.